The molecule has 1 amide bonds. The minimum Gasteiger partial charge on any atom is -0.493 e. The highest BCUT2D eigenvalue weighted by molar-refractivity contribution is 5.73. The van der Waals surface area contributed by atoms with Gasteiger partial charge >= 0.3 is 0 Å². The molecule has 1 aromatic carbocycles. The Bertz CT molecular complexity index is 958. The number of carbonyl (C=O) groups is 1. The molecule has 0 bridgehead atoms. The lowest BCUT2D eigenvalue weighted by Gasteiger charge is -2.31. The van der Waals surface area contributed by atoms with E-state index < -0.39 is 0 Å². The fourth-order valence-corrected chi connectivity index (χ4v) is 4.68. The van der Waals surface area contributed by atoms with Crippen LogP contribution in [0, 0.1) is 0 Å². The molecule has 0 spiro atoms. The van der Waals surface area contributed by atoms with Gasteiger partial charge in [0, 0.05) is 57.1 Å². The lowest BCUT2D eigenvalue weighted by molar-refractivity contribution is -0.129. The summed E-state index contributed by atoms with van der Waals surface area (Å²) < 4.78 is 11.5. The highest BCUT2D eigenvalue weighted by Crippen LogP contribution is 2.31. The summed E-state index contributed by atoms with van der Waals surface area (Å²) in [6, 6.07) is 8.09. The van der Waals surface area contributed by atoms with Crippen molar-refractivity contribution in [2.24, 2.45) is 0 Å². The molecule has 9 nitrogen and oxygen atoms in total. The maximum Gasteiger partial charge on any atom is 0.227 e. The SMILES string of the molecule is COc1ccc(Nc2nccc(CNC3CCN(C(C)=O)CC3)n2)cc1OCCCN1CCCC1. The molecule has 2 aliphatic rings. The molecule has 3 heterocycles. The molecule has 4 rings (SSSR count). The number of methoxy groups -OCH3 is 1. The van der Waals surface area contributed by atoms with E-state index in [0.717, 1.165) is 50.3 Å². The van der Waals surface area contributed by atoms with Gasteiger partial charge in [0.2, 0.25) is 11.9 Å². The fourth-order valence-electron chi connectivity index (χ4n) is 4.68. The van der Waals surface area contributed by atoms with Crippen LogP contribution in [0.4, 0.5) is 11.6 Å². The number of nitrogens with one attached hydrogen (secondary N) is 2. The van der Waals surface area contributed by atoms with E-state index in [1.807, 2.05) is 29.2 Å². The zero-order chi connectivity index (χ0) is 24.5. The standard InChI is InChI=1S/C26H38N6O3/c1-20(33)32-15-9-21(10-16-32)28-19-23-8-11-27-26(30-23)29-22-6-7-24(34-2)25(18-22)35-17-5-14-31-12-3-4-13-31/h6-8,11,18,21,28H,3-5,9-10,12-17,19H2,1-2H3,(H,27,29,30). The van der Waals surface area contributed by atoms with Gasteiger partial charge in [-0.05, 0) is 63.4 Å². The maximum absolute atomic E-state index is 11.5. The van der Waals surface area contributed by atoms with E-state index in [1.54, 1.807) is 20.2 Å². The van der Waals surface area contributed by atoms with Crippen LogP contribution in [0.5, 0.6) is 11.5 Å². The molecule has 0 unspecified atom stereocenters. The summed E-state index contributed by atoms with van der Waals surface area (Å²) in [5.74, 6) is 2.13. The van der Waals surface area contributed by atoms with Crippen molar-refractivity contribution >= 4 is 17.5 Å². The van der Waals surface area contributed by atoms with E-state index in [9.17, 15) is 4.79 Å². The lowest BCUT2D eigenvalue weighted by atomic mass is 10.1. The number of anilines is 2. The van der Waals surface area contributed by atoms with Crippen molar-refractivity contribution in [1.82, 2.24) is 25.1 Å². The van der Waals surface area contributed by atoms with Gasteiger partial charge in [0.25, 0.3) is 0 Å². The Hall–Kier alpha value is -2.91. The average molecular weight is 483 g/mol. The number of likely N-dealkylation sites (tertiary alicyclic amines) is 2. The van der Waals surface area contributed by atoms with Crippen molar-refractivity contribution in [1.29, 1.82) is 0 Å². The Labute approximate surface area is 208 Å². The minimum atomic E-state index is 0.157. The van der Waals surface area contributed by atoms with E-state index in [2.05, 4.69) is 25.5 Å². The van der Waals surface area contributed by atoms with E-state index in [4.69, 9.17) is 9.47 Å². The number of hydrogen-bond donors (Lipinski definition) is 2. The number of nitrogens with zero attached hydrogens (tertiary/aromatic N) is 4. The Morgan fingerprint density at radius 3 is 2.66 bits per heavy atom. The third-order valence-corrected chi connectivity index (χ3v) is 6.72. The van der Waals surface area contributed by atoms with Crippen LogP contribution < -0.4 is 20.1 Å². The molecule has 0 aliphatic carbocycles. The van der Waals surface area contributed by atoms with Crippen molar-refractivity contribution in [3.05, 3.63) is 36.2 Å². The quantitative estimate of drug-likeness (QED) is 0.472. The molecule has 2 aromatic rings. The molecule has 0 atom stereocenters. The summed E-state index contributed by atoms with van der Waals surface area (Å²) >= 11 is 0. The molecule has 190 valence electrons. The molecule has 0 radical (unpaired) electrons. The van der Waals surface area contributed by atoms with Gasteiger partial charge in [0.05, 0.1) is 19.4 Å². The molecule has 35 heavy (non-hydrogen) atoms. The number of amides is 1. The first-order valence-electron chi connectivity index (χ1n) is 12.7. The molecule has 0 saturated carbocycles. The molecule has 2 fully saturated rings. The Morgan fingerprint density at radius 2 is 1.91 bits per heavy atom. The first kappa shape index (κ1) is 25.2. The van der Waals surface area contributed by atoms with Crippen molar-refractivity contribution in [2.75, 3.05) is 51.8 Å². The fraction of sp³-hybridized carbons (Fsp3) is 0.577. The summed E-state index contributed by atoms with van der Waals surface area (Å²) in [5.41, 5.74) is 1.77. The Kier molecular flexibility index (Phi) is 9.14. The third kappa shape index (κ3) is 7.53. The predicted molar refractivity (Wildman–Crippen MR) is 136 cm³/mol. The second kappa shape index (κ2) is 12.7. The molecule has 9 heteroatoms. The normalized spacial score (nSPS) is 16.9. The van der Waals surface area contributed by atoms with Gasteiger partial charge in [0.1, 0.15) is 0 Å². The smallest absolute Gasteiger partial charge is 0.227 e. The average Bonchev–Trinajstić information content (AvgIpc) is 3.40. The van der Waals surface area contributed by atoms with Crippen LogP contribution in [0.2, 0.25) is 0 Å². The topological polar surface area (TPSA) is 91.9 Å². The summed E-state index contributed by atoms with van der Waals surface area (Å²) in [6.07, 6.45) is 7.30. The van der Waals surface area contributed by atoms with Gasteiger partial charge in [-0.15, -0.1) is 0 Å². The van der Waals surface area contributed by atoms with E-state index in [-0.39, 0.29) is 5.91 Å². The van der Waals surface area contributed by atoms with Crippen molar-refractivity contribution in [2.45, 2.75) is 51.6 Å². The summed E-state index contributed by atoms with van der Waals surface area (Å²) in [6.45, 7) is 8.05. The van der Waals surface area contributed by atoms with Crippen LogP contribution in [0.1, 0.15) is 44.7 Å². The molecule has 2 N–H and O–H groups in total. The number of benzene rings is 1. The number of piperidine rings is 1. The van der Waals surface area contributed by atoms with Crippen LogP contribution in [-0.4, -0.2) is 78.2 Å². The van der Waals surface area contributed by atoms with Crippen molar-refractivity contribution in [3.63, 3.8) is 0 Å². The Balaban J connectivity index is 1.28. The molecular weight excluding hydrogens is 444 g/mol. The van der Waals surface area contributed by atoms with Gasteiger partial charge in [-0.3, -0.25) is 4.79 Å². The summed E-state index contributed by atoms with van der Waals surface area (Å²) in [4.78, 5) is 24.9. The molecule has 2 aliphatic heterocycles. The van der Waals surface area contributed by atoms with Crippen LogP contribution in [-0.2, 0) is 11.3 Å². The van der Waals surface area contributed by atoms with Gasteiger partial charge in [-0.2, -0.15) is 0 Å². The van der Waals surface area contributed by atoms with Gasteiger partial charge in [0.15, 0.2) is 11.5 Å². The largest absolute Gasteiger partial charge is 0.493 e. The molecule has 2 saturated heterocycles. The first-order valence-corrected chi connectivity index (χ1v) is 12.7. The van der Waals surface area contributed by atoms with Crippen molar-refractivity contribution < 1.29 is 14.3 Å². The third-order valence-electron chi connectivity index (χ3n) is 6.72. The molecular formula is C26H38N6O3. The highest BCUT2D eigenvalue weighted by Gasteiger charge is 2.20. The number of carbonyl (C=O) groups excluding carboxylic acids is 1. The van der Waals surface area contributed by atoms with Crippen LogP contribution in [0.3, 0.4) is 0 Å². The van der Waals surface area contributed by atoms with Gasteiger partial charge in [-0.1, -0.05) is 0 Å². The van der Waals surface area contributed by atoms with Crippen LogP contribution in [0.15, 0.2) is 30.5 Å². The lowest BCUT2D eigenvalue weighted by Crippen LogP contribution is -2.44. The maximum atomic E-state index is 11.5. The second-order valence-electron chi connectivity index (χ2n) is 9.27. The summed E-state index contributed by atoms with van der Waals surface area (Å²) in [5, 5.41) is 6.85. The van der Waals surface area contributed by atoms with E-state index in [0.29, 0.717) is 36.6 Å². The first-order chi connectivity index (χ1) is 17.1. The van der Waals surface area contributed by atoms with Gasteiger partial charge < -0.3 is 29.9 Å². The molecule has 1 aromatic heterocycles. The zero-order valence-electron chi connectivity index (χ0n) is 21.0. The van der Waals surface area contributed by atoms with Crippen LogP contribution >= 0.6 is 0 Å². The minimum absolute atomic E-state index is 0.157. The van der Waals surface area contributed by atoms with Crippen molar-refractivity contribution in [3.8, 4) is 11.5 Å². The number of hydrogen-bond acceptors (Lipinski definition) is 8. The van der Waals surface area contributed by atoms with Crippen LogP contribution in [0.25, 0.3) is 0 Å². The summed E-state index contributed by atoms with van der Waals surface area (Å²) in [7, 11) is 1.66. The second-order valence-corrected chi connectivity index (χ2v) is 9.27. The monoisotopic (exact) mass is 482 g/mol. The Morgan fingerprint density at radius 1 is 1.11 bits per heavy atom. The number of aromatic nitrogens is 2. The highest BCUT2D eigenvalue weighted by atomic mass is 16.5. The van der Waals surface area contributed by atoms with E-state index in [1.165, 1.54) is 25.9 Å². The predicted octanol–water partition coefficient (Wildman–Crippen LogP) is 3.19. The zero-order valence-corrected chi connectivity index (χ0v) is 21.0. The number of ether oxygens (including phenoxy) is 2. The van der Waals surface area contributed by atoms with E-state index >= 15 is 0 Å². The number of rotatable bonds is 11. The van der Waals surface area contributed by atoms with Gasteiger partial charge in [-0.25, -0.2) is 9.97 Å².